The molecule has 0 radical (unpaired) electrons. The number of carbonyl (C=O) groups is 1. The number of hydrogen-bond donors (Lipinski definition) is 1. The molecule has 0 atom stereocenters. The number of imidazole rings is 1. The maximum atomic E-state index is 12.2. The fourth-order valence-corrected chi connectivity index (χ4v) is 3.21. The van der Waals surface area contributed by atoms with E-state index in [0.29, 0.717) is 34.0 Å². The molecule has 0 aliphatic heterocycles. The lowest BCUT2D eigenvalue weighted by molar-refractivity contribution is -0.111. The molecule has 0 aliphatic carbocycles. The number of carbonyl (C=O) groups excluding carboxylic acids is 1. The van der Waals surface area contributed by atoms with Crippen molar-refractivity contribution in [3.8, 4) is 17.4 Å². The van der Waals surface area contributed by atoms with Gasteiger partial charge in [0.05, 0.1) is 0 Å². The summed E-state index contributed by atoms with van der Waals surface area (Å²) in [5.74, 6) is 2.82. The smallest absolute Gasteiger partial charge is 0.248 e. The van der Waals surface area contributed by atoms with Crippen molar-refractivity contribution in [3.63, 3.8) is 0 Å². The van der Waals surface area contributed by atoms with E-state index in [1.807, 2.05) is 35.9 Å². The molecule has 0 spiro atoms. The van der Waals surface area contributed by atoms with E-state index in [2.05, 4.69) is 20.3 Å². The van der Waals surface area contributed by atoms with Gasteiger partial charge >= 0.3 is 0 Å². The van der Waals surface area contributed by atoms with Gasteiger partial charge in [-0.3, -0.25) is 9.36 Å². The zero-order valence-electron chi connectivity index (χ0n) is 17.5. The topological polar surface area (TPSA) is 81.9 Å². The molecule has 2 aromatic heterocycles. The Morgan fingerprint density at radius 2 is 1.88 bits per heavy atom. The first-order valence-corrected chi connectivity index (χ1v) is 10.2. The second-order valence-electron chi connectivity index (χ2n) is 6.93. The summed E-state index contributed by atoms with van der Waals surface area (Å²) >= 11 is 6.10. The van der Waals surface area contributed by atoms with Gasteiger partial charge in [0.25, 0.3) is 0 Å². The molecule has 4 rings (SSSR count). The predicted molar refractivity (Wildman–Crippen MR) is 124 cm³/mol. The van der Waals surface area contributed by atoms with Crippen LogP contribution in [0.25, 0.3) is 11.9 Å². The fourth-order valence-electron chi connectivity index (χ4n) is 3.01. The number of ether oxygens (including phenoxy) is 1. The number of rotatable bonds is 6. The number of amides is 1. The monoisotopic (exact) mass is 445 g/mol. The summed E-state index contributed by atoms with van der Waals surface area (Å²) in [6, 6.07) is 16.1. The van der Waals surface area contributed by atoms with E-state index in [1.54, 1.807) is 55.6 Å². The van der Waals surface area contributed by atoms with Crippen molar-refractivity contribution >= 4 is 29.3 Å². The second kappa shape index (κ2) is 9.45. The Hall–Kier alpha value is -3.97. The zero-order chi connectivity index (χ0) is 22.5. The van der Waals surface area contributed by atoms with Crippen LogP contribution in [0.1, 0.15) is 17.2 Å². The number of anilines is 1. The van der Waals surface area contributed by atoms with E-state index in [-0.39, 0.29) is 5.91 Å². The Balaban J connectivity index is 1.42. The zero-order valence-corrected chi connectivity index (χ0v) is 18.2. The van der Waals surface area contributed by atoms with Gasteiger partial charge in [-0.2, -0.15) is 4.98 Å². The van der Waals surface area contributed by atoms with Crippen LogP contribution in [0, 0.1) is 13.8 Å². The van der Waals surface area contributed by atoms with Crippen molar-refractivity contribution in [1.29, 1.82) is 0 Å². The van der Waals surface area contributed by atoms with Gasteiger partial charge in [-0.1, -0.05) is 29.8 Å². The van der Waals surface area contributed by atoms with Gasteiger partial charge in [-0.05, 0) is 55.8 Å². The Bertz CT molecular complexity index is 1280. The Kier molecular flexibility index (Phi) is 6.28. The maximum Gasteiger partial charge on any atom is 0.248 e. The van der Waals surface area contributed by atoms with Crippen LogP contribution in [0.4, 0.5) is 5.69 Å². The first-order chi connectivity index (χ1) is 15.5. The molecular formula is C24H20ClN5O2. The van der Waals surface area contributed by atoms with Gasteiger partial charge in [-0.25, -0.2) is 9.97 Å². The first-order valence-electron chi connectivity index (χ1n) is 9.85. The van der Waals surface area contributed by atoms with E-state index >= 15 is 0 Å². The summed E-state index contributed by atoms with van der Waals surface area (Å²) in [5.41, 5.74) is 1.42. The highest BCUT2D eigenvalue weighted by Crippen LogP contribution is 2.23. The van der Waals surface area contributed by atoms with Crippen molar-refractivity contribution in [1.82, 2.24) is 19.5 Å². The molecule has 1 N–H and O–H groups in total. The van der Waals surface area contributed by atoms with Crippen LogP contribution in [0.5, 0.6) is 11.6 Å². The summed E-state index contributed by atoms with van der Waals surface area (Å²) in [6.45, 7) is 3.70. The van der Waals surface area contributed by atoms with E-state index in [4.69, 9.17) is 16.3 Å². The lowest BCUT2D eigenvalue weighted by Crippen LogP contribution is -2.07. The van der Waals surface area contributed by atoms with E-state index < -0.39 is 0 Å². The largest absolute Gasteiger partial charge is 0.439 e. The highest BCUT2D eigenvalue weighted by atomic mass is 35.5. The quantitative estimate of drug-likeness (QED) is 0.403. The van der Waals surface area contributed by atoms with Crippen LogP contribution >= 0.6 is 11.6 Å². The van der Waals surface area contributed by atoms with Gasteiger partial charge in [0.2, 0.25) is 11.8 Å². The van der Waals surface area contributed by atoms with Crippen LogP contribution in [0.3, 0.4) is 0 Å². The highest BCUT2D eigenvalue weighted by molar-refractivity contribution is 6.32. The second-order valence-corrected chi connectivity index (χ2v) is 7.33. The minimum atomic E-state index is -0.259. The van der Waals surface area contributed by atoms with Gasteiger partial charge in [0, 0.05) is 35.2 Å². The molecular weight excluding hydrogens is 426 g/mol. The molecule has 0 bridgehead atoms. The maximum absolute atomic E-state index is 12.2. The molecule has 1 amide bonds. The minimum Gasteiger partial charge on any atom is -0.439 e. The van der Waals surface area contributed by atoms with Gasteiger partial charge in [-0.15, -0.1) is 0 Å². The molecule has 2 aromatic carbocycles. The number of hydrogen-bond acceptors (Lipinski definition) is 5. The third-order valence-electron chi connectivity index (χ3n) is 4.54. The summed E-state index contributed by atoms with van der Waals surface area (Å²) in [5, 5.41) is 3.39. The van der Waals surface area contributed by atoms with Crippen LogP contribution in [0.15, 0.2) is 73.1 Å². The normalized spacial score (nSPS) is 11.0. The number of halogens is 1. The van der Waals surface area contributed by atoms with Crippen LogP contribution in [-0.4, -0.2) is 25.4 Å². The van der Waals surface area contributed by atoms with Gasteiger partial charge in [0.15, 0.2) is 0 Å². The molecule has 4 aromatic rings. The molecule has 32 heavy (non-hydrogen) atoms. The van der Waals surface area contributed by atoms with Crippen LogP contribution in [0.2, 0.25) is 5.02 Å². The summed E-state index contributed by atoms with van der Waals surface area (Å²) < 4.78 is 7.75. The van der Waals surface area contributed by atoms with Crippen molar-refractivity contribution in [2.75, 3.05) is 5.32 Å². The Labute approximate surface area is 190 Å². The van der Waals surface area contributed by atoms with Crippen molar-refractivity contribution in [2.24, 2.45) is 0 Å². The number of nitrogens with one attached hydrogen (secondary N) is 1. The summed E-state index contributed by atoms with van der Waals surface area (Å²) in [4.78, 5) is 25.2. The number of aromatic nitrogens is 4. The average molecular weight is 446 g/mol. The fraction of sp³-hybridized carbons (Fsp3) is 0.0833. The molecule has 0 fully saturated rings. The lowest BCUT2D eigenvalue weighted by Gasteiger charge is -2.10. The average Bonchev–Trinajstić information content (AvgIpc) is 3.20. The molecule has 0 unspecified atom stereocenters. The highest BCUT2D eigenvalue weighted by Gasteiger charge is 2.08. The number of nitrogens with zero attached hydrogens (tertiary/aromatic N) is 4. The molecule has 0 saturated heterocycles. The number of aryl methyl sites for hydroxylation is 2. The van der Waals surface area contributed by atoms with E-state index in [0.717, 1.165) is 11.4 Å². The number of benzene rings is 2. The van der Waals surface area contributed by atoms with E-state index in [1.165, 1.54) is 6.08 Å². The molecule has 0 saturated carbocycles. The van der Waals surface area contributed by atoms with Crippen LogP contribution < -0.4 is 10.1 Å². The SMILES string of the molecule is Cc1nc(Oc2ccc(NC(=O)/C=C/c3ccccc3Cl)cc2)cc(-n2ccnc2C)n1. The molecule has 160 valence electrons. The summed E-state index contributed by atoms with van der Waals surface area (Å²) in [6.07, 6.45) is 6.66. The Morgan fingerprint density at radius 1 is 1.09 bits per heavy atom. The standard InChI is InChI=1S/C24H20ClN5O2/c1-16-27-22(30-14-13-26-17(30)2)15-24(28-16)32-20-10-8-19(9-11-20)29-23(31)12-7-18-5-3-4-6-21(18)25/h3-15H,1-2H3,(H,29,31)/b12-7+. The third kappa shape index (κ3) is 5.19. The summed E-state index contributed by atoms with van der Waals surface area (Å²) in [7, 11) is 0. The molecule has 2 heterocycles. The van der Waals surface area contributed by atoms with Crippen molar-refractivity contribution in [3.05, 3.63) is 95.3 Å². The van der Waals surface area contributed by atoms with E-state index in [9.17, 15) is 4.79 Å². The van der Waals surface area contributed by atoms with Crippen molar-refractivity contribution < 1.29 is 9.53 Å². The molecule has 7 nitrogen and oxygen atoms in total. The van der Waals surface area contributed by atoms with Gasteiger partial charge < -0.3 is 10.1 Å². The van der Waals surface area contributed by atoms with Crippen LogP contribution in [-0.2, 0) is 4.79 Å². The molecule has 8 heteroatoms. The minimum absolute atomic E-state index is 0.259. The van der Waals surface area contributed by atoms with Gasteiger partial charge in [0.1, 0.15) is 23.2 Å². The predicted octanol–water partition coefficient (Wildman–Crippen LogP) is 5.38. The van der Waals surface area contributed by atoms with Crippen molar-refractivity contribution in [2.45, 2.75) is 13.8 Å². The Morgan fingerprint density at radius 3 is 2.59 bits per heavy atom. The third-order valence-corrected chi connectivity index (χ3v) is 4.88. The first kappa shape index (κ1) is 21.3. The lowest BCUT2D eigenvalue weighted by atomic mass is 10.2. The molecule has 0 aliphatic rings.